The van der Waals surface area contributed by atoms with E-state index in [0.29, 0.717) is 32.7 Å². The van der Waals surface area contributed by atoms with Gasteiger partial charge in [0.05, 0.1) is 18.9 Å². The van der Waals surface area contributed by atoms with Crippen molar-refractivity contribution in [3.05, 3.63) is 47.0 Å². The number of benzene rings is 2. The molecule has 0 aliphatic carbocycles. The number of aromatic nitrogens is 1. The largest absolute Gasteiger partial charge is 0.497 e. The van der Waals surface area contributed by atoms with Gasteiger partial charge in [-0.05, 0) is 24.3 Å². The second-order valence-electron chi connectivity index (χ2n) is 4.66. The van der Waals surface area contributed by atoms with Gasteiger partial charge in [-0.3, -0.25) is 10.1 Å². The molecule has 0 unspecified atom stereocenters. The van der Waals surface area contributed by atoms with Crippen LogP contribution in [0.15, 0.2) is 36.4 Å². The summed E-state index contributed by atoms with van der Waals surface area (Å²) in [4.78, 5) is 16.7. The van der Waals surface area contributed by atoms with Gasteiger partial charge in [-0.15, -0.1) is 0 Å². The molecule has 0 spiro atoms. The number of fused-ring (bicyclic) bond motifs is 1. The van der Waals surface area contributed by atoms with Crippen molar-refractivity contribution >= 4 is 44.2 Å². The first-order valence-corrected chi connectivity index (χ1v) is 7.89. The molecule has 3 aromatic rings. The Morgan fingerprint density at radius 3 is 2.74 bits per heavy atom. The molecule has 0 aliphatic rings. The Bertz CT molecular complexity index is 879. The maximum absolute atomic E-state index is 12.3. The van der Waals surface area contributed by atoms with Crippen molar-refractivity contribution in [3.8, 4) is 11.5 Å². The smallest absolute Gasteiger partial charge is 0.257 e. The number of nitrogens with zero attached hydrogens (tertiary/aromatic N) is 1. The van der Waals surface area contributed by atoms with Crippen molar-refractivity contribution in [2.24, 2.45) is 0 Å². The Hall–Kier alpha value is -2.31. The lowest BCUT2D eigenvalue weighted by Crippen LogP contribution is -2.11. The van der Waals surface area contributed by atoms with Crippen LogP contribution in [0.5, 0.6) is 11.5 Å². The molecule has 1 N–H and O–H groups in total. The molecule has 0 saturated heterocycles. The van der Waals surface area contributed by atoms with Crippen molar-refractivity contribution in [1.82, 2.24) is 4.98 Å². The summed E-state index contributed by atoms with van der Waals surface area (Å²) in [5, 5.41) is 3.77. The molecule has 2 aromatic carbocycles. The normalized spacial score (nSPS) is 10.6. The zero-order valence-electron chi connectivity index (χ0n) is 12.4. The molecule has 5 nitrogen and oxygen atoms in total. The predicted octanol–water partition coefficient (Wildman–Crippen LogP) is 4.22. The molecule has 3 rings (SSSR count). The molecule has 23 heavy (non-hydrogen) atoms. The van der Waals surface area contributed by atoms with Gasteiger partial charge in [0.2, 0.25) is 0 Å². The highest BCUT2D eigenvalue weighted by molar-refractivity contribution is 7.22. The van der Waals surface area contributed by atoms with Crippen LogP contribution in [0.4, 0.5) is 5.13 Å². The molecule has 0 aliphatic heterocycles. The fraction of sp³-hybridized carbons (Fsp3) is 0.125. The Morgan fingerprint density at radius 2 is 2.04 bits per heavy atom. The van der Waals surface area contributed by atoms with E-state index in [4.69, 9.17) is 21.1 Å². The minimum atomic E-state index is -0.266. The van der Waals surface area contributed by atoms with Crippen LogP contribution in [0.3, 0.4) is 0 Å². The standard InChI is InChI=1S/C16H13ClN2O3S/c1-21-11-7-12(22-2)14-13(8-11)23-16(18-14)19-15(20)9-4-3-5-10(17)6-9/h3-8H,1-2H3,(H,18,19,20). The monoisotopic (exact) mass is 348 g/mol. The number of anilines is 1. The maximum atomic E-state index is 12.3. The molecule has 0 bridgehead atoms. The summed E-state index contributed by atoms with van der Waals surface area (Å²) in [6, 6.07) is 10.3. The average Bonchev–Trinajstić information content (AvgIpc) is 2.95. The van der Waals surface area contributed by atoms with Crippen molar-refractivity contribution in [3.63, 3.8) is 0 Å². The summed E-state index contributed by atoms with van der Waals surface area (Å²) in [6.07, 6.45) is 0. The molecule has 7 heteroatoms. The number of nitrogens with one attached hydrogen (secondary N) is 1. The lowest BCUT2D eigenvalue weighted by molar-refractivity contribution is 0.102. The number of rotatable bonds is 4. The van der Waals surface area contributed by atoms with Gasteiger partial charge in [0, 0.05) is 16.7 Å². The molecular formula is C16H13ClN2O3S. The second-order valence-corrected chi connectivity index (χ2v) is 6.13. The van der Waals surface area contributed by atoms with Crippen LogP contribution < -0.4 is 14.8 Å². The van der Waals surface area contributed by atoms with E-state index >= 15 is 0 Å². The number of hydrogen-bond acceptors (Lipinski definition) is 5. The van der Waals surface area contributed by atoms with Crippen LogP contribution in [0.1, 0.15) is 10.4 Å². The molecule has 0 saturated carbocycles. The minimum absolute atomic E-state index is 0.266. The quantitative estimate of drug-likeness (QED) is 0.766. The molecule has 0 radical (unpaired) electrons. The van der Waals surface area contributed by atoms with Gasteiger partial charge in [0.25, 0.3) is 5.91 Å². The summed E-state index contributed by atoms with van der Waals surface area (Å²) in [7, 11) is 3.15. The van der Waals surface area contributed by atoms with Crippen LogP contribution in [-0.2, 0) is 0 Å². The van der Waals surface area contributed by atoms with Crippen LogP contribution in [0.25, 0.3) is 10.2 Å². The van der Waals surface area contributed by atoms with E-state index in [2.05, 4.69) is 10.3 Å². The molecule has 0 atom stereocenters. The molecule has 0 fully saturated rings. The number of carbonyl (C=O) groups is 1. The molecular weight excluding hydrogens is 336 g/mol. The van der Waals surface area contributed by atoms with Crippen LogP contribution in [0.2, 0.25) is 5.02 Å². The van der Waals surface area contributed by atoms with E-state index in [-0.39, 0.29) is 5.91 Å². The highest BCUT2D eigenvalue weighted by Crippen LogP contribution is 2.36. The van der Waals surface area contributed by atoms with E-state index in [1.54, 1.807) is 44.6 Å². The van der Waals surface area contributed by atoms with Gasteiger partial charge >= 0.3 is 0 Å². The van der Waals surface area contributed by atoms with Gasteiger partial charge in [-0.2, -0.15) is 0 Å². The van der Waals surface area contributed by atoms with Crippen molar-refractivity contribution in [2.45, 2.75) is 0 Å². The van der Waals surface area contributed by atoms with Gasteiger partial charge in [0.15, 0.2) is 5.13 Å². The number of methoxy groups -OCH3 is 2. The van der Waals surface area contributed by atoms with E-state index in [0.717, 1.165) is 4.70 Å². The number of ether oxygens (including phenoxy) is 2. The van der Waals surface area contributed by atoms with Gasteiger partial charge in [-0.25, -0.2) is 4.98 Å². The van der Waals surface area contributed by atoms with E-state index in [9.17, 15) is 4.79 Å². The SMILES string of the molecule is COc1cc(OC)c2nc(NC(=O)c3cccc(Cl)c3)sc2c1. The van der Waals surface area contributed by atoms with E-state index in [1.165, 1.54) is 11.3 Å². The first-order chi connectivity index (χ1) is 11.1. The third-order valence-electron chi connectivity index (χ3n) is 3.20. The van der Waals surface area contributed by atoms with E-state index < -0.39 is 0 Å². The van der Waals surface area contributed by atoms with Gasteiger partial charge < -0.3 is 9.47 Å². The minimum Gasteiger partial charge on any atom is -0.497 e. The number of halogens is 1. The van der Waals surface area contributed by atoms with E-state index in [1.807, 2.05) is 6.07 Å². The highest BCUT2D eigenvalue weighted by Gasteiger charge is 2.14. The average molecular weight is 349 g/mol. The number of amides is 1. The van der Waals surface area contributed by atoms with Crippen LogP contribution >= 0.6 is 22.9 Å². The Morgan fingerprint density at radius 1 is 1.22 bits per heavy atom. The Balaban J connectivity index is 1.93. The number of carbonyl (C=O) groups excluding carboxylic acids is 1. The first-order valence-electron chi connectivity index (χ1n) is 6.70. The summed E-state index contributed by atoms with van der Waals surface area (Å²) < 4.78 is 11.4. The fourth-order valence-corrected chi connectivity index (χ4v) is 3.20. The van der Waals surface area contributed by atoms with Crippen molar-refractivity contribution < 1.29 is 14.3 Å². The van der Waals surface area contributed by atoms with Crippen LogP contribution in [0, 0.1) is 0 Å². The zero-order valence-corrected chi connectivity index (χ0v) is 14.0. The van der Waals surface area contributed by atoms with Crippen molar-refractivity contribution in [2.75, 3.05) is 19.5 Å². The summed E-state index contributed by atoms with van der Waals surface area (Å²) >= 11 is 7.25. The maximum Gasteiger partial charge on any atom is 0.257 e. The van der Waals surface area contributed by atoms with Crippen LogP contribution in [-0.4, -0.2) is 25.1 Å². The molecule has 1 aromatic heterocycles. The van der Waals surface area contributed by atoms with Crippen molar-refractivity contribution in [1.29, 1.82) is 0 Å². The zero-order chi connectivity index (χ0) is 16.4. The summed E-state index contributed by atoms with van der Waals surface area (Å²) in [5.74, 6) is 1.00. The van der Waals surface area contributed by atoms with Gasteiger partial charge in [0.1, 0.15) is 17.0 Å². The molecule has 1 heterocycles. The fourth-order valence-electron chi connectivity index (χ4n) is 2.10. The predicted molar refractivity (Wildman–Crippen MR) is 92.1 cm³/mol. The topological polar surface area (TPSA) is 60.5 Å². The lowest BCUT2D eigenvalue weighted by Gasteiger charge is -2.03. The summed E-state index contributed by atoms with van der Waals surface area (Å²) in [6.45, 7) is 0. The third kappa shape index (κ3) is 3.23. The number of hydrogen-bond donors (Lipinski definition) is 1. The lowest BCUT2D eigenvalue weighted by atomic mass is 10.2. The first kappa shape index (κ1) is 15.6. The molecule has 118 valence electrons. The molecule has 1 amide bonds. The number of thiazole rings is 1. The Kier molecular flexibility index (Phi) is 4.36. The second kappa shape index (κ2) is 6.44. The summed E-state index contributed by atoms with van der Waals surface area (Å²) in [5.41, 5.74) is 1.15. The highest BCUT2D eigenvalue weighted by atomic mass is 35.5. The Labute approximate surface area is 141 Å². The van der Waals surface area contributed by atoms with Gasteiger partial charge in [-0.1, -0.05) is 29.0 Å². The third-order valence-corrected chi connectivity index (χ3v) is 4.35.